The maximum atomic E-state index is 12.5. The van der Waals surface area contributed by atoms with E-state index >= 15 is 0 Å². The van der Waals surface area contributed by atoms with Gasteiger partial charge in [-0.3, -0.25) is 9.59 Å². The van der Waals surface area contributed by atoms with Crippen molar-refractivity contribution in [3.8, 4) is 5.75 Å². The number of benzene rings is 1. The lowest BCUT2D eigenvalue weighted by Gasteiger charge is -2.47. The monoisotopic (exact) mass is 359 g/mol. The minimum atomic E-state index is 0.151. The van der Waals surface area contributed by atoms with Gasteiger partial charge in [0.05, 0.1) is 13.0 Å². The Balaban J connectivity index is 1.48. The predicted molar refractivity (Wildman–Crippen MR) is 99.9 cm³/mol. The van der Waals surface area contributed by atoms with Gasteiger partial charge in [-0.1, -0.05) is 18.2 Å². The highest BCUT2D eigenvalue weighted by Crippen LogP contribution is 2.31. The number of rotatable bonds is 7. The number of likely N-dealkylation sites (tertiary alicyclic amines) is 2. The fourth-order valence-corrected chi connectivity index (χ4v) is 4.03. The molecule has 2 amide bonds. The molecule has 0 saturated carbocycles. The topological polar surface area (TPSA) is 61.9 Å². The Labute approximate surface area is 155 Å². The number of carbonyl (C=O) groups is 2. The number of amides is 2. The van der Waals surface area contributed by atoms with Gasteiger partial charge in [0.15, 0.2) is 0 Å². The molecule has 6 nitrogen and oxygen atoms in total. The fourth-order valence-electron chi connectivity index (χ4n) is 4.03. The number of nitrogens with zero attached hydrogens (tertiary/aromatic N) is 2. The van der Waals surface area contributed by atoms with Crippen LogP contribution in [0.3, 0.4) is 0 Å². The molecule has 0 aliphatic carbocycles. The lowest BCUT2D eigenvalue weighted by Crippen LogP contribution is -2.57. The van der Waals surface area contributed by atoms with Gasteiger partial charge in [0.2, 0.25) is 11.8 Å². The van der Waals surface area contributed by atoms with Crippen LogP contribution in [-0.4, -0.2) is 67.5 Å². The number of hydrogen-bond donors (Lipinski definition) is 1. The molecule has 2 fully saturated rings. The summed E-state index contributed by atoms with van der Waals surface area (Å²) in [5.41, 5.74) is 0. The summed E-state index contributed by atoms with van der Waals surface area (Å²) in [5.74, 6) is 1.61. The van der Waals surface area contributed by atoms with Crippen molar-refractivity contribution in [2.24, 2.45) is 5.92 Å². The highest BCUT2D eigenvalue weighted by Gasteiger charge is 2.39. The number of para-hydroxylation sites is 1. The maximum Gasteiger partial charge on any atom is 0.226 e. The second-order valence-corrected chi connectivity index (χ2v) is 7.10. The van der Waals surface area contributed by atoms with Crippen LogP contribution in [0.4, 0.5) is 0 Å². The third-order valence-electron chi connectivity index (χ3n) is 5.43. The Kier molecular flexibility index (Phi) is 6.50. The zero-order valence-electron chi connectivity index (χ0n) is 15.5. The summed E-state index contributed by atoms with van der Waals surface area (Å²) >= 11 is 0. The van der Waals surface area contributed by atoms with Crippen molar-refractivity contribution in [3.05, 3.63) is 30.3 Å². The van der Waals surface area contributed by atoms with Crippen LogP contribution in [0.1, 0.15) is 25.7 Å². The molecule has 2 aliphatic rings. The van der Waals surface area contributed by atoms with Gasteiger partial charge in [-0.25, -0.2) is 0 Å². The molecule has 0 spiro atoms. The van der Waals surface area contributed by atoms with Gasteiger partial charge in [-0.15, -0.1) is 0 Å². The molecule has 2 heterocycles. The van der Waals surface area contributed by atoms with E-state index < -0.39 is 0 Å². The third kappa shape index (κ3) is 4.55. The molecule has 142 valence electrons. The van der Waals surface area contributed by atoms with E-state index in [0.29, 0.717) is 25.4 Å². The molecule has 26 heavy (non-hydrogen) atoms. The molecular weight excluding hydrogens is 330 g/mol. The van der Waals surface area contributed by atoms with Gasteiger partial charge >= 0.3 is 0 Å². The van der Waals surface area contributed by atoms with E-state index in [-0.39, 0.29) is 17.9 Å². The number of likely N-dealkylation sites (N-methyl/N-ethyl adjacent to an activating group) is 1. The number of carbonyl (C=O) groups excluding carboxylic acids is 2. The molecule has 1 N–H and O–H groups in total. The largest absolute Gasteiger partial charge is 0.493 e. The van der Waals surface area contributed by atoms with E-state index in [2.05, 4.69) is 5.32 Å². The normalized spacial score (nSPS) is 22.9. The van der Waals surface area contributed by atoms with Crippen LogP contribution in [0, 0.1) is 5.92 Å². The van der Waals surface area contributed by atoms with Crippen molar-refractivity contribution in [2.75, 3.05) is 39.8 Å². The van der Waals surface area contributed by atoms with E-state index in [0.717, 1.165) is 44.8 Å². The summed E-state index contributed by atoms with van der Waals surface area (Å²) in [6, 6.07) is 9.87. The van der Waals surface area contributed by atoms with E-state index in [4.69, 9.17) is 4.74 Å². The minimum Gasteiger partial charge on any atom is -0.493 e. The first-order valence-electron chi connectivity index (χ1n) is 9.58. The standard InChI is InChI=1S/C20H29N3O3/c1-21-11-13-23-18-9-12-22(15-16(18)7-8-20(23)25)19(24)10-14-26-17-5-3-2-4-6-17/h2-6,16,18,21H,7-15H2,1H3. The Morgan fingerprint density at radius 1 is 1.27 bits per heavy atom. The van der Waals surface area contributed by atoms with Crippen molar-refractivity contribution in [3.63, 3.8) is 0 Å². The molecule has 0 bridgehead atoms. The molecule has 0 radical (unpaired) electrons. The molecule has 1 aromatic carbocycles. The number of piperidine rings is 2. The zero-order chi connectivity index (χ0) is 18.4. The second kappa shape index (κ2) is 9.03. The number of hydrogen-bond acceptors (Lipinski definition) is 4. The van der Waals surface area contributed by atoms with E-state index in [9.17, 15) is 9.59 Å². The lowest BCUT2D eigenvalue weighted by molar-refractivity contribution is -0.144. The molecular formula is C20H29N3O3. The van der Waals surface area contributed by atoms with E-state index in [1.165, 1.54) is 0 Å². The van der Waals surface area contributed by atoms with Crippen molar-refractivity contribution < 1.29 is 14.3 Å². The lowest BCUT2D eigenvalue weighted by atomic mass is 9.83. The number of fused-ring (bicyclic) bond motifs is 1. The smallest absolute Gasteiger partial charge is 0.226 e. The average Bonchev–Trinajstić information content (AvgIpc) is 2.67. The Morgan fingerprint density at radius 3 is 2.85 bits per heavy atom. The molecule has 1 aromatic rings. The summed E-state index contributed by atoms with van der Waals surface area (Å²) in [7, 11) is 1.91. The maximum absolute atomic E-state index is 12.5. The van der Waals surface area contributed by atoms with E-state index in [1.54, 1.807) is 0 Å². The second-order valence-electron chi connectivity index (χ2n) is 7.10. The Hall–Kier alpha value is -2.08. The first-order chi connectivity index (χ1) is 12.7. The average molecular weight is 359 g/mol. The Bertz CT molecular complexity index is 608. The molecule has 0 aromatic heterocycles. The minimum absolute atomic E-state index is 0.151. The summed E-state index contributed by atoms with van der Waals surface area (Å²) in [6.07, 6.45) is 2.77. The van der Waals surface area contributed by atoms with Crippen molar-refractivity contribution in [1.29, 1.82) is 0 Å². The fraction of sp³-hybridized carbons (Fsp3) is 0.600. The van der Waals surface area contributed by atoms with Gasteiger partial charge in [0.25, 0.3) is 0 Å². The van der Waals surface area contributed by atoms with Crippen molar-refractivity contribution in [1.82, 2.24) is 15.1 Å². The molecule has 2 saturated heterocycles. The highest BCUT2D eigenvalue weighted by atomic mass is 16.5. The summed E-state index contributed by atoms with van der Waals surface area (Å²) in [5, 5.41) is 3.12. The first kappa shape index (κ1) is 18.7. The third-order valence-corrected chi connectivity index (χ3v) is 5.43. The quantitative estimate of drug-likeness (QED) is 0.802. The van der Waals surface area contributed by atoms with Crippen LogP contribution in [0.15, 0.2) is 30.3 Å². The van der Waals surface area contributed by atoms with Gasteiger partial charge < -0.3 is 19.9 Å². The van der Waals surface area contributed by atoms with Gasteiger partial charge in [-0.05, 0) is 37.9 Å². The summed E-state index contributed by atoms with van der Waals surface area (Å²) in [4.78, 5) is 28.8. The molecule has 2 unspecified atom stereocenters. The predicted octanol–water partition coefficient (Wildman–Crippen LogP) is 1.51. The van der Waals surface area contributed by atoms with Crippen LogP contribution in [0.25, 0.3) is 0 Å². The van der Waals surface area contributed by atoms with Gasteiger partial charge in [-0.2, -0.15) is 0 Å². The number of ether oxygens (including phenoxy) is 1. The highest BCUT2D eigenvalue weighted by molar-refractivity contribution is 5.78. The molecule has 6 heteroatoms. The summed E-state index contributed by atoms with van der Waals surface area (Å²) < 4.78 is 5.64. The summed E-state index contributed by atoms with van der Waals surface area (Å²) in [6.45, 7) is 3.47. The van der Waals surface area contributed by atoms with E-state index in [1.807, 2.05) is 47.2 Å². The van der Waals surface area contributed by atoms with Crippen LogP contribution in [0.5, 0.6) is 5.75 Å². The van der Waals surface area contributed by atoms with Crippen LogP contribution in [0.2, 0.25) is 0 Å². The van der Waals surface area contributed by atoms with Gasteiger partial charge in [0, 0.05) is 38.6 Å². The van der Waals surface area contributed by atoms with Crippen molar-refractivity contribution in [2.45, 2.75) is 31.7 Å². The van der Waals surface area contributed by atoms with Crippen LogP contribution < -0.4 is 10.1 Å². The van der Waals surface area contributed by atoms with Crippen LogP contribution >= 0.6 is 0 Å². The van der Waals surface area contributed by atoms with Crippen molar-refractivity contribution >= 4 is 11.8 Å². The van der Waals surface area contributed by atoms with Crippen LogP contribution in [-0.2, 0) is 9.59 Å². The molecule has 2 atom stereocenters. The van der Waals surface area contributed by atoms with Gasteiger partial charge in [0.1, 0.15) is 5.75 Å². The molecule has 2 aliphatic heterocycles. The SMILES string of the molecule is CNCCN1C(=O)CCC2CN(C(=O)CCOc3ccccc3)CCC21. The zero-order valence-corrected chi connectivity index (χ0v) is 15.5. The first-order valence-corrected chi connectivity index (χ1v) is 9.58. The number of nitrogens with one attached hydrogen (secondary N) is 1. The Morgan fingerprint density at radius 2 is 2.08 bits per heavy atom. The molecule has 3 rings (SSSR count).